The molecular formula is C15H13ClF2N2. The number of fused-ring (bicyclic) bond motifs is 1. The van der Waals surface area contributed by atoms with E-state index in [1.165, 1.54) is 0 Å². The van der Waals surface area contributed by atoms with Gasteiger partial charge in [0.1, 0.15) is 11.6 Å². The predicted molar refractivity (Wildman–Crippen MR) is 74.7 cm³/mol. The summed E-state index contributed by atoms with van der Waals surface area (Å²) in [5.41, 5.74) is 3.09. The normalized spacial score (nSPS) is 14.2. The molecule has 0 unspecified atom stereocenters. The molecular weight excluding hydrogens is 282 g/mol. The number of benzene rings is 1. The SMILES string of the molecule is Cc1cc(-c2c(F)cc(Cl)cc2F)c2c(n1)CNCC2. The van der Waals surface area contributed by atoms with Crippen LogP contribution in [0.3, 0.4) is 0 Å². The van der Waals surface area contributed by atoms with Gasteiger partial charge in [0, 0.05) is 17.3 Å². The molecule has 1 aliphatic rings. The molecule has 2 heterocycles. The molecule has 0 aliphatic carbocycles. The lowest BCUT2D eigenvalue weighted by atomic mass is 9.93. The van der Waals surface area contributed by atoms with E-state index in [1.807, 2.05) is 6.92 Å². The first-order valence-corrected chi connectivity index (χ1v) is 6.79. The molecule has 2 aromatic rings. The fourth-order valence-electron chi connectivity index (χ4n) is 2.63. The fourth-order valence-corrected chi connectivity index (χ4v) is 2.82. The number of aromatic nitrogens is 1. The molecule has 5 heteroatoms. The Bertz CT molecular complexity index is 663. The van der Waals surface area contributed by atoms with E-state index < -0.39 is 11.6 Å². The topological polar surface area (TPSA) is 24.9 Å². The van der Waals surface area contributed by atoms with Crippen LogP contribution in [0, 0.1) is 18.6 Å². The van der Waals surface area contributed by atoms with Crippen molar-refractivity contribution in [1.29, 1.82) is 0 Å². The van der Waals surface area contributed by atoms with Crippen LogP contribution in [0.2, 0.25) is 5.02 Å². The van der Waals surface area contributed by atoms with Crippen molar-refractivity contribution in [3.8, 4) is 11.1 Å². The van der Waals surface area contributed by atoms with Gasteiger partial charge in [0.15, 0.2) is 0 Å². The largest absolute Gasteiger partial charge is 0.311 e. The molecule has 0 bridgehead atoms. The molecule has 3 rings (SSSR count). The van der Waals surface area contributed by atoms with Gasteiger partial charge in [-0.05, 0) is 49.2 Å². The lowest BCUT2D eigenvalue weighted by Gasteiger charge is -2.21. The van der Waals surface area contributed by atoms with Gasteiger partial charge in [-0.2, -0.15) is 0 Å². The highest BCUT2D eigenvalue weighted by Gasteiger charge is 2.21. The highest BCUT2D eigenvalue weighted by molar-refractivity contribution is 6.30. The van der Waals surface area contributed by atoms with Crippen LogP contribution in [0.15, 0.2) is 18.2 Å². The number of pyridine rings is 1. The number of halogens is 3. The number of nitrogens with one attached hydrogen (secondary N) is 1. The van der Waals surface area contributed by atoms with Crippen molar-refractivity contribution in [3.05, 3.63) is 51.8 Å². The quantitative estimate of drug-likeness (QED) is 0.869. The van der Waals surface area contributed by atoms with E-state index in [0.717, 1.165) is 35.6 Å². The second kappa shape index (κ2) is 5.11. The van der Waals surface area contributed by atoms with E-state index in [1.54, 1.807) is 6.07 Å². The van der Waals surface area contributed by atoms with Crippen LogP contribution in [-0.2, 0) is 13.0 Å². The molecule has 1 N–H and O–H groups in total. The summed E-state index contributed by atoms with van der Waals surface area (Å²) in [5, 5.41) is 3.27. The summed E-state index contributed by atoms with van der Waals surface area (Å²) in [6, 6.07) is 4.02. The monoisotopic (exact) mass is 294 g/mol. The van der Waals surface area contributed by atoms with Crippen molar-refractivity contribution in [2.24, 2.45) is 0 Å². The Balaban J connectivity index is 2.27. The summed E-state index contributed by atoms with van der Waals surface area (Å²) < 4.78 is 28.3. The van der Waals surface area contributed by atoms with Gasteiger partial charge in [-0.15, -0.1) is 0 Å². The predicted octanol–water partition coefficient (Wildman–Crippen LogP) is 3.63. The van der Waals surface area contributed by atoms with Crippen LogP contribution in [0.1, 0.15) is 17.0 Å². The van der Waals surface area contributed by atoms with Crippen LogP contribution >= 0.6 is 11.6 Å². The molecule has 0 amide bonds. The summed E-state index contributed by atoms with van der Waals surface area (Å²) in [5.74, 6) is -1.28. The minimum atomic E-state index is -0.638. The third-order valence-corrected chi connectivity index (χ3v) is 3.68. The molecule has 104 valence electrons. The molecule has 1 aromatic carbocycles. The molecule has 20 heavy (non-hydrogen) atoms. The van der Waals surface area contributed by atoms with E-state index >= 15 is 0 Å². The minimum absolute atomic E-state index is 0.0157. The molecule has 0 atom stereocenters. The average molecular weight is 295 g/mol. The highest BCUT2D eigenvalue weighted by Crippen LogP contribution is 2.33. The summed E-state index contributed by atoms with van der Waals surface area (Å²) in [7, 11) is 0. The summed E-state index contributed by atoms with van der Waals surface area (Å²) in [6.45, 7) is 3.23. The van der Waals surface area contributed by atoms with Crippen molar-refractivity contribution in [1.82, 2.24) is 10.3 Å². The Morgan fingerprint density at radius 1 is 1.20 bits per heavy atom. The Morgan fingerprint density at radius 2 is 1.90 bits per heavy atom. The average Bonchev–Trinajstić information content (AvgIpc) is 2.37. The van der Waals surface area contributed by atoms with E-state index in [0.29, 0.717) is 18.5 Å². The van der Waals surface area contributed by atoms with E-state index in [2.05, 4.69) is 10.3 Å². The van der Waals surface area contributed by atoms with Gasteiger partial charge in [-0.1, -0.05) is 11.6 Å². The third kappa shape index (κ3) is 2.30. The molecule has 2 nitrogen and oxygen atoms in total. The van der Waals surface area contributed by atoms with Crippen molar-refractivity contribution in [3.63, 3.8) is 0 Å². The van der Waals surface area contributed by atoms with Crippen LogP contribution in [-0.4, -0.2) is 11.5 Å². The first-order valence-electron chi connectivity index (χ1n) is 6.41. The van der Waals surface area contributed by atoms with E-state index in [9.17, 15) is 8.78 Å². The molecule has 0 radical (unpaired) electrons. The second-order valence-corrected chi connectivity index (χ2v) is 5.34. The zero-order chi connectivity index (χ0) is 14.3. The molecule has 1 aliphatic heterocycles. The smallest absolute Gasteiger partial charge is 0.135 e. The standard InChI is InChI=1S/C15H13ClF2N2/c1-8-4-11(10-2-3-19-7-14(10)20-8)15-12(17)5-9(16)6-13(15)18/h4-6,19H,2-3,7H2,1H3. The Kier molecular flexibility index (Phi) is 3.44. The lowest BCUT2D eigenvalue weighted by Crippen LogP contribution is -2.25. The van der Waals surface area contributed by atoms with Crippen LogP contribution in [0.25, 0.3) is 11.1 Å². The molecule has 0 saturated heterocycles. The maximum Gasteiger partial charge on any atom is 0.135 e. The van der Waals surface area contributed by atoms with E-state index in [4.69, 9.17) is 11.6 Å². The molecule has 0 spiro atoms. The number of nitrogens with zero attached hydrogens (tertiary/aromatic N) is 1. The van der Waals surface area contributed by atoms with Gasteiger partial charge in [0.2, 0.25) is 0 Å². The van der Waals surface area contributed by atoms with Crippen LogP contribution in [0.5, 0.6) is 0 Å². The number of hydrogen-bond acceptors (Lipinski definition) is 2. The zero-order valence-corrected chi connectivity index (χ0v) is 11.7. The van der Waals surface area contributed by atoms with Gasteiger partial charge in [-0.25, -0.2) is 8.78 Å². The van der Waals surface area contributed by atoms with Gasteiger partial charge < -0.3 is 5.32 Å². The van der Waals surface area contributed by atoms with Crippen molar-refractivity contribution < 1.29 is 8.78 Å². The van der Waals surface area contributed by atoms with E-state index in [-0.39, 0.29) is 10.6 Å². The Hall–Kier alpha value is -1.52. The van der Waals surface area contributed by atoms with Gasteiger partial charge in [0.05, 0.1) is 11.3 Å². The number of hydrogen-bond donors (Lipinski definition) is 1. The fraction of sp³-hybridized carbons (Fsp3) is 0.267. The van der Waals surface area contributed by atoms with Crippen LogP contribution < -0.4 is 5.32 Å². The second-order valence-electron chi connectivity index (χ2n) is 4.91. The summed E-state index contributed by atoms with van der Waals surface area (Å²) in [6.07, 6.45) is 0.708. The molecule has 0 fully saturated rings. The first-order chi connectivity index (χ1) is 9.56. The number of rotatable bonds is 1. The van der Waals surface area contributed by atoms with Gasteiger partial charge in [0.25, 0.3) is 0 Å². The lowest BCUT2D eigenvalue weighted by molar-refractivity contribution is 0.587. The molecule has 1 aromatic heterocycles. The molecule has 0 saturated carbocycles. The van der Waals surface area contributed by atoms with Crippen molar-refractivity contribution in [2.75, 3.05) is 6.54 Å². The minimum Gasteiger partial charge on any atom is -0.311 e. The maximum atomic E-state index is 14.1. The van der Waals surface area contributed by atoms with Crippen molar-refractivity contribution in [2.45, 2.75) is 19.9 Å². The van der Waals surface area contributed by atoms with Gasteiger partial charge >= 0.3 is 0 Å². The maximum absolute atomic E-state index is 14.1. The number of aryl methyl sites for hydroxylation is 1. The summed E-state index contributed by atoms with van der Waals surface area (Å²) in [4.78, 5) is 4.44. The Labute approximate surface area is 120 Å². The van der Waals surface area contributed by atoms with Crippen LogP contribution in [0.4, 0.5) is 8.78 Å². The first kappa shape index (κ1) is 13.5. The summed E-state index contributed by atoms with van der Waals surface area (Å²) >= 11 is 5.68. The van der Waals surface area contributed by atoms with Crippen molar-refractivity contribution >= 4 is 11.6 Å². The highest BCUT2D eigenvalue weighted by atomic mass is 35.5. The van der Waals surface area contributed by atoms with Gasteiger partial charge in [-0.3, -0.25) is 4.98 Å². The third-order valence-electron chi connectivity index (χ3n) is 3.46. The zero-order valence-electron chi connectivity index (χ0n) is 10.9. The Morgan fingerprint density at radius 3 is 2.60 bits per heavy atom.